The predicted octanol–water partition coefficient (Wildman–Crippen LogP) is 8.86. The minimum atomic E-state index is -0.319. The van der Waals surface area contributed by atoms with Crippen LogP contribution in [0.5, 0.6) is 0 Å². The molecular weight excluding hydrogens is 555 g/mol. The molecule has 0 saturated carbocycles. The van der Waals surface area contributed by atoms with Crippen LogP contribution >= 0.6 is 34.8 Å². The summed E-state index contributed by atoms with van der Waals surface area (Å²) in [5, 5.41) is 8.75. The van der Waals surface area contributed by atoms with Crippen LogP contribution < -0.4 is 16.0 Å². The van der Waals surface area contributed by atoms with Gasteiger partial charge in [-0.15, -0.1) is 34.8 Å². The number of alkyl halides is 3. The number of anilines is 3. The highest BCUT2D eigenvalue weighted by atomic mass is 35.5. The summed E-state index contributed by atoms with van der Waals surface area (Å²) in [5.41, 5.74) is 7.12. The van der Waals surface area contributed by atoms with Crippen molar-refractivity contribution in [3.05, 3.63) is 119 Å². The first-order valence-corrected chi connectivity index (χ1v) is 13.8. The number of nitrogens with one attached hydrogen (secondary N) is 3. The molecule has 0 bridgehead atoms. The molecule has 5 rings (SSSR count). The first kappa shape index (κ1) is 28.3. The molecule has 0 radical (unpaired) electrons. The van der Waals surface area contributed by atoms with Crippen LogP contribution in [0.3, 0.4) is 0 Å². The zero-order valence-corrected chi connectivity index (χ0v) is 23.2. The fraction of sp³-hybridized carbons (Fsp3) is 0.133. The summed E-state index contributed by atoms with van der Waals surface area (Å²) in [6.45, 7) is 0.533. The second kappa shape index (κ2) is 14.4. The van der Waals surface area contributed by atoms with Crippen molar-refractivity contribution in [1.82, 2.24) is 0 Å². The Bertz CT molecular complexity index is 1390. The number of para-hydroxylation sites is 4. The number of urea groups is 1. The largest absolute Gasteiger partial charge is 0.460 e. The van der Waals surface area contributed by atoms with Gasteiger partial charge in [0.05, 0.1) is 5.69 Å². The van der Waals surface area contributed by atoms with Crippen molar-refractivity contribution in [1.29, 1.82) is 0 Å². The second-order valence-corrected chi connectivity index (χ2v) is 9.21. The maximum absolute atomic E-state index is 12.0. The van der Waals surface area contributed by atoms with Gasteiger partial charge >= 0.3 is 6.03 Å². The Balaban J connectivity index is 0.000000181. The molecule has 2 amide bonds. The number of carbonyl (C=O) groups is 1. The van der Waals surface area contributed by atoms with Crippen molar-refractivity contribution in [2.45, 2.75) is 24.2 Å². The third-order valence-electron chi connectivity index (χ3n) is 5.80. The second-order valence-electron chi connectivity index (χ2n) is 8.41. The van der Waals surface area contributed by atoms with E-state index in [0.717, 1.165) is 33.6 Å². The Morgan fingerprint density at radius 1 is 0.667 bits per heavy atom. The molecule has 0 aromatic heterocycles. The van der Waals surface area contributed by atoms with Crippen LogP contribution in [0.2, 0.25) is 0 Å². The summed E-state index contributed by atoms with van der Waals surface area (Å²) < 4.78 is 5.60. The van der Waals surface area contributed by atoms with Gasteiger partial charge in [-0.2, -0.15) is 4.99 Å². The molecule has 1 heterocycles. The Morgan fingerprint density at radius 3 is 1.69 bits per heavy atom. The van der Waals surface area contributed by atoms with E-state index in [9.17, 15) is 4.79 Å². The molecule has 0 saturated heterocycles. The summed E-state index contributed by atoms with van der Waals surface area (Å²) in [7, 11) is 0. The summed E-state index contributed by atoms with van der Waals surface area (Å²) in [4.78, 5) is 16.5. The maximum Gasteiger partial charge on any atom is 0.323 e. The average molecular weight is 582 g/mol. The van der Waals surface area contributed by atoms with Crippen LogP contribution in [-0.4, -0.2) is 12.1 Å². The first-order valence-electron chi connectivity index (χ1n) is 12.2. The smallest absolute Gasteiger partial charge is 0.323 e. The molecule has 0 unspecified atom stereocenters. The quantitative estimate of drug-likeness (QED) is 0.199. The Kier molecular flexibility index (Phi) is 10.5. The van der Waals surface area contributed by atoms with Gasteiger partial charge in [0, 0.05) is 40.3 Å². The highest BCUT2D eigenvalue weighted by molar-refractivity contribution is 6.18. The fourth-order valence-corrected chi connectivity index (χ4v) is 4.46. The monoisotopic (exact) mass is 580 g/mol. The van der Waals surface area contributed by atoms with E-state index >= 15 is 0 Å². The summed E-state index contributed by atoms with van der Waals surface area (Å²) in [6, 6.07) is 30.8. The van der Waals surface area contributed by atoms with Gasteiger partial charge in [0.1, 0.15) is 6.61 Å². The summed E-state index contributed by atoms with van der Waals surface area (Å²) in [5.74, 6) is 1.14. The number of halogens is 3. The van der Waals surface area contributed by atoms with E-state index in [1.54, 1.807) is 0 Å². The lowest BCUT2D eigenvalue weighted by atomic mass is 10.2. The van der Waals surface area contributed by atoms with Crippen LogP contribution in [0.15, 0.2) is 102 Å². The third kappa shape index (κ3) is 7.90. The zero-order chi connectivity index (χ0) is 27.5. The van der Waals surface area contributed by atoms with Crippen molar-refractivity contribution >= 4 is 69.6 Å². The highest BCUT2D eigenvalue weighted by Crippen LogP contribution is 2.25. The number of carbonyl (C=O) groups excluding carboxylic acids is 1. The van der Waals surface area contributed by atoms with E-state index < -0.39 is 0 Å². The number of amides is 2. The topological polar surface area (TPSA) is 74.8 Å². The van der Waals surface area contributed by atoms with E-state index in [2.05, 4.69) is 20.9 Å². The Labute approximate surface area is 243 Å². The van der Waals surface area contributed by atoms with Crippen LogP contribution in [0.1, 0.15) is 22.3 Å². The number of rotatable bonds is 6. The summed E-state index contributed by atoms with van der Waals surface area (Å²) >= 11 is 17.6. The van der Waals surface area contributed by atoms with Gasteiger partial charge in [-0.25, -0.2) is 4.79 Å². The van der Waals surface area contributed by atoms with Crippen LogP contribution in [0.4, 0.5) is 27.5 Å². The SMILES string of the molecule is ClCc1ccccc1NC1=Nc2ccccc2CO1.O=C(Nc1ccccc1CCl)Nc1ccccc1CCl. The van der Waals surface area contributed by atoms with E-state index in [0.29, 0.717) is 41.6 Å². The molecule has 4 aromatic rings. The predicted molar refractivity (Wildman–Crippen MR) is 163 cm³/mol. The van der Waals surface area contributed by atoms with Crippen LogP contribution in [-0.2, 0) is 29.0 Å². The molecule has 0 aliphatic carbocycles. The number of hydrogen-bond acceptors (Lipinski definition) is 4. The zero-order valence-electron chi connectivity index (χ0n) is 21.0. The van der Waals surface area contributed by atoms with Gasteiger partial charge in [-0.05, 0) is 41.0 Å². The van der Waals surface area contributed by atoms with Crippen molar-refractivity contribution < 1.29 is 9.53 Å². The van der Waals surface area contributed by atoms with E-state index in [1.165, 1.54) is 0 Å². The molecule has 0 fully saturated rings. The molecule has 0 spiro atoms. The lowest BCUT2D eigenvalue weighted by molar-refractivity contribution is 0.262. The number of benzene rings is 4. The molecule has 1 aliphatic rings. The molecule has 0 atom stereocenters. The molecule has 4 aromatic carbocycles. The Morgan fingerprint density at radius 2 is 1.13 bits per heavy atom. The van der Waals surface area contributed by atoms with Crippen LogP contribution in [0, 0.1) is 0 Å². The van der Waals surface area contributed by atoms with E-state index in [-0.39, 0.29) is 6.03 Å². The van der Waals surface area contributed by atoms with Crippen molar-refractivity contribution in [2.75, 3.05) is 16.0 Å². The minimum absolute atomic E-state index is 0.319. The molecule has 9 heteroatoms. The molecule has 3 N–H and O–H groups in total. The molecule has 6 nitrogen and oxygen atoms in total. The lowest BCUT2D eigenvalue weighted by Gasteiger charge is -2.18. The number of nitrogens with zero attached hydrogens (tertiary/aromatic N) is 1. The molecule has 200 valence electrons. The van der Waals surface area contributed by atoms with E-state index in [1.807, 2.05) is 97.1 Å². The highest BCUT2D eigenvalue weighted by Gasteiger charge is 2.13. The van der Waals surface area contributed by atoms with Gasteiger partial charge in [-0.3, -0.25) is 0 Å². The van der Waals surface area contributed by atoms with Gasteiger partial charge < -0.3 is 20.7 Å². The first-order chi connectivity index (χ1) is 19.1. The fourth-order valence-electron chi connectivity index (χ4n) is 3.76. The van der Waals surface area contributed by atoms with Crippen molar-refractivity contribution in [3.63, 3.8) is 0 Å². The normalized spacial score (nSPS) is 11.6. The van der Waals surface area contributed by atoms with Crippen LogP contribution in [0.25, 0.3) is 0 Å². The lowest BCUT2D eigenvalue weighted by Crippen LogP contribution is -2.20. The molecular formula is C30H27Cl3N4O2. The van der Waals surface area contributed by atoms with E-state index in [4.69, 9.17) is 39.5 Å². The number of fused-ring (bicyclic) bond motifs is 1. The maximum atomic E-state index is 12.0. The van der Waals surface area contributed by atoms with Crippen molar-refractivity contribution in [2.24, 2.45) is 4.99 Å². The number of hydrogen-bond donors (Lipinski definition) is 3. The summed E-state index contributed by atoms with van der Waals surface area (Å²) in [6.07, 6.45) is 0. The van der Waals surface area contributed by atoms with Gasteiger partial charge in [0.15, 0.2) is 0 Å². The Hall–Kier alpha value is -3.71. The molecule has 39 heavy (non-hydrogen) atoms. The van der Waals surface area contributed by atoms with Gasteiger partial charge in [-0.1, -0.05) is 72.8 Å². The average Bonchev–Trinajstić information content (AvgIpc) is 2.98. The van der Waals surface area contributed by atoms with Crippen molar-refractivity contribution in [3.8, 4) is 0 Å². The number of amidine groups is 1. The van der Waals surface area contributed by atoms with Gasteiger partial charge in [0.25, 0.3) is 6.02 Å². The standard InChI is InChI=1S/C15H14Cl2N2O.C15H13ClN2O/c16-9-11-5-1-3-7-13(11)18-15(20)19-14-8-4-2-6-12(14)10-17;16-9-11-5-1-3-7-13(11)17-15-18-14-8-4-2-6-12(14)10-19-15/h1-8H,9-10H2,(H2,18,19,20);1-8H,9-10H2,(H,17,18). The van der Waals surface area contributed by atoms with Gasteiger partial charge in [0.2, 0.25) is 0 Å². The number of ether oxygens (including phenoxy) is 1. The minimum Gasteiger partial charge on any atom is -0.460 e. The third-order valence-corrected chi connectivity index (χ3v) is 6.66. The molecule has 1 aliphatic heterocycles. The number of aliphatic imine (C=N–C) groups is 1.